The zero-order chi connectivity index (χ0) is 26.5. The highest BCUT2D eigenvalue weighted by Crippen LogP contribution is 2.35. The molecule has 0 saturated heterocycles. The molecule has 3 aromatic rings. The van der Waals surface area contributed by atoms with Crippen LogP contribution in [-0.4, -0.2) is 59.1 Å². The summed E-state index contributed by atoms with van der Waals surface area (Å²) in [7, 11) is 3.49. The molecule has 0 bridgehead atoms. The number of rotatable bonds is 9. The van der Waals surface area contributed by atoms with Gasteiger partial charge >= 0.3 is 0 Å². The number of anilines is 1. The number of aliphatic hydroxyl groups excluding tert-OH is 1. The lowest BCUT2D eigenvalue weighted by atomic mass is 10.1. The number of ether oxygens (including phenoxy) is 1. The average molecular weight is 634 g/mol. The molecule has 11 heteroatoms. The van der Waals surface area contributed by atoms with Gasteiger partial charge in [-0.05, 0) is 66.4 Å². The van der Waals surface area contributed by atoms with Crippen LogP contribution in [0.5, 0.6) is 5.75 Å². The fourth-order valence-electron chi connectivity index (χ4n) is 4.17. The van der Waals surface area contributed by atoms with Crippen LogP contribution in [0, 0.1) is 6.92 Å². The summed E-state index contributed by atoms with van der Waals surface area (Å²) in [4.78, 5) is 21.1. The summed E-state index contributed by atoms with van der Waals surface area (Å²) in [6, 6.07) is 9.32. The van der Waals surface area contributed by atoms with E-state index in [2.05, 4.69) is 48.9 Å². The predicted octanol–water partition coefficient (Wildman–Crippen LogP) is 3.63. The van der Waals surface area contributed by atoms with Crippen molar-refractivity contribution in [2.45, 2.75) is 26.1 Å². The quantitative estimate of drug-likeness (QED) is 0.241. The highest BCUT2D eigenvalue weighted by molar-refractivity contribution is 14.1. The van der Waals surface area contributed by atoms with Crippen LogP contribution < -0.4 is 20.7 Å². The number of nitrogens with two attached hydrogens (primary N) is 1. The summed E-state index contributed by atoms with van der Waals surface area (Å²) in [5.41, 5.74) is 10.9. The molecule has 9 nitrogen and oxygen atoms in total. The molecule has 1 aromatic carbocycles. The van der Waals surface area contributed by atoms with Crippen molar-refractivity contribution in [2.75, 3.05) is 32.1 Å². The first-order chi connectivity index (χ1) is 17.9. The SMILES string of the molecule is CN=C(C(I)=CN)c1nc(-c2cc(OC[C@H](O)CNC)ccc2Cl)nc(N2Cc3cccnc3C2)c1C. The maximum absolute atomic E-state index is 10.0. The molecule has 4 N–H and O–H groups in total. The number of pyridine rings is 1. The maximum atomic E-state index is 10.0. The van der Waals surface area contributed by atoms with Crippen molar-refractivity contribution in [3.05, 3.63) is 73.8 Å². The van der Waals surface area contributed by atoms with E-state index in [1.54, 1.807) is 38.5 Å². The molecule has 0 spiro atoms. The summed E-state index contributed by atoms with van der Waals surface area (Å²) in [6.45, 7) is 3.87. The molecule has 0 unspecified atom stereocenters. The number of likely N-dealkylation sites (N-methyl/N-ethyl adjacent to an activating group) is 1. The van der Waals surface area contributed by atoms with E-state index in [9.17, 15) is 5.11 Å². The van der Waals surface area contributed by atoms with Gasteiger partial charge in [-0.1, -0.05) is 17.7 Å². The lowest BCUT2D eigenvalue weighted by Gasteiger charge is -2.22. The van der Waals surface area contributed by atoms with Crippen molar-refractivity contribution in [1.29, 1.82) is 0 Å². The Kier molecular flexibility index (Phi) is 8.95. The van der Waals surface area contributed by atoms with E-state index in [1.165, 1.54) is 6.20 Å². The van der Waals surface area contributed by atoms with Gasteiger partial charge in [-0.3, -0.25) is 9.98 Å². The predicted molar refractivity (Wildman–Crippen MR) is 156 cm³/mol. The summed E-state index contributed by atoms with van der Waals surface area (Å²) >= 11 is 8.80. The van der Waals surface area contributed by atoms with Crippen LogP contribution in [0.1, 0.15) is 22.5 Å². The van der Waals surface area contributed by atoms with Crippen LogP contribution in [-0.2, 0) is 13.1 Å². The fourth-order valence-corrected chi connectivity index (χ4v) is 4.87. The second-order valence-corrected chi connectivity index (χ2v) is 10.1. The molecule has 37 heavy (non-hydrogen) atoms. The Morgan fingerprint density at radius 2 is 2.16 bits per heavy atom. The summed E-state index contributed by atoms with van der Waals surface area (Å²) in [6.07, 6.45) is 2.68. The molecule has 1 atom stereocenters. The number of aromatic nitrogens is 3. The molecule has 0 radical (unpaired) electrons. The van der Waals surface area contributed by atoms with Gasteiger partial charge in [0.15, 0.2) is 5.82 Å². The minimum Gasteiger partial charge on any atom is -0.491 e. The Bertz CT molecular complexity index is 1320. The number of nitrogens with one attached hydrogen (secondary N) is 1. The van der Waals surface area contributed by atoms with E-state index >= 15 is 0 Å². The van der Waals surface area contributed by atoms with Gasteiger partial charge in [0.05, 0.1) is 32.2 Å². The number of nitrogens with zero attached hydrogens (tertiary/aromatic N) is 5. The average Bonchev–Trinajstić information content (AvgIpc) is 3.33. The molecule has 3 heterocycles. The van der Waals surface area contributed by atoms with Crippen LogP contribution in [0.15, 0.2) is 51.3 Å². The number of fused-ring (bicyclic) bond motifs is 1. The van der Waals surface area contributed by atoms with Gasteiger partial charge in [0.1, 0.15) is 24.3 Å². The standard InChI is InChI=1S/C26H29ClIN7O2/c1-15-23(24(31-3)21(28)10-29)33-25(34-26(15)35-12-16-5-4-8-32-22(16)13-35)19-9-18(6-7-20(19)27)37-14-17(36)11-30-2/h4-10,17,30,36H,11-14,29H2,1-3H3/t17-/m1/s1. The molecular weight excluding hydrogens is 605 g/mol. The minimum atomic E-state index is -0.642. The van der Waals surface area contributed by atoms with Crippen molar-refractivity contribution < 1.29 is 9.84 Å². The fraction of sp³-hybridized carbons (Fsp3) is 0.308. The Labute approximate surface area is 235 Å². The number of hydrogen-bond donors (Lipinski definition) is 3. The Morgan fingerprint density at radius 3 is 2.86 bits per heavy atom. The lowest BCUT2D eigenvalue weighted by molar-refractivity contribution is 0.108. The van der Waals surface area contributed by atoms with E-state index in [4.69, 9.17) is 32.0 Å². The number of halogens is 2. The smallest absolute Gasteiger partial charge is 0.163 e. The number of hydrogen-bond acceptors (Lipinski definition) is 9. The summed E-state index contributed by atoms with van der Waals surface area (Å²) < 4.78 is 6.58. The van der Waals surface area contributed by atoms with Gasteiger partial charge in [0.25, 0.3) is 0 Å². The van der Waals surface area contributed by atoms with Crippen molar-refractivity contribution >= 4 is 45.7 Å². The van der Waals surface area contributed by atoms with Gasteiger partial charge < -0.3 is 25.8 Å². The Hall–Kier alpha value is -2.80. The van der Waals surface area contributed by atoms with Gasteiger partial charge in [-0.25, -0.2) is 9.97 Å². The third-order valence-electron chi connectivity index (χ3n) is 5.99. The van der Waals surface area contributed by atoms with Crippen molar-refractivity contribution in [1.82, 2.24) is 20.3 Å². The van der Waals surface area contributed by atoms with Crippen LogP contribution >= 0.6 is 34.2 Å². The normalized spacial score (nSPS) is 14.6. The third kappa shape index (κ3) is 6.03. The molecule has 0 fully saturated rings. The highest BCUT2D eigenvalue weighted by atomic mass is 127. The monoisotopic (exact) mass is 633 g/mol. The zero-order valence-electron chi connectivity index (χ0n) is 20.9. The van der Waals surface area contributed by atoms with E-state index < -0.39 is 6.10 Å². The molecule has 1 aliphatic heterocycles. The molecule has 4 rings (SSSR count). The third-order valence-corrected chi connectivity index (χ3v) is 7.19. The number of aliphatic imine (C=N–C) groups is 1. The first kappa shape index (κ1) is 27.2. The van der Waals surface area contributed by atoms with Crippen molar-refractivity contribution in [2.24, 2.45) is 10.7 Å². The van der Waals surface area contributed by atoms with Crippen LogP contribution in [0.2, 0.25) is 5.02 Å². The Morgan fingerprint density at radius 1 is 1.35 bits per heavy atom. The first-order valence-electron chi connectivity index (χ1n) is 11.7. The lowest BCUT2D eigenvalue weighted by Crippen LogP contribution is -2.29. The second-order valence-electron chi connectivity index (χ2n) is 8.56. The highest BCUT2D eigenvalue weighted by Gasteiger charge is 2.27. The van der Waals surface area contributed by atoms with Gasteiger partial charge in [-0.15, -0.1) is 0 Å². The molecule has 0 aliphatic carbocycles. The van der Waals surface area contributed by atoms with E-state index in [0.717, 1.165) is 26.2 Å². The van der Waals surface area contributed by atoms with Gasteiger partial charge in [0, 0.05) is 43.7 Å². The van der Waals surface area contributed by atoms with Gasteiger partial charge in [0.2, 0.25) is 0 Å². The maximum Gasteiger partial charge on any atom is 0.163 e. The molecule has 0 amide bonds. The Balaban J connectivity index is 1.81. The number of allylic oxidation sites excluding steroid dienone is 1. The largest absolute Gasteiger partial charge is 0.491 e. The van der Waals surface area contributed by atoms with Gasteiger partial charge in [-0.2, -0.15) is 0 Å². The molecule has 2 aromatic heterocycles. The molecule has 1 aliphatic rings. The zero-order valence-corrected chi connectivity index (χ0v) is 23.8. The first-order valence-corrected chi connectivity index (χ1v) is 13.2. The topological polar surface area (TPSA) is 122 Å². The summed E-state index contributed by atoms with van der Waals surface area (Å²) in [5, 5.41) is 13.4. The molecular formula is C26H29ClIN7O2. The van der Waals surface area contributed by atoms with E-state index in [0.29, 0.717) is 53.2 Å². The number of benzene rings is 1. The van der Waals surface area contributed by atoms with Crippen molar-refractivity contribution in [3.63, 3.8) is 0 Å². The molecule has 194 valence electrons. The number of aliphatic hydroxyl groups is 1. The second kappa shape index (κ2) is 12.2. The van der Waals surface area contributed by atoms with Crippen LogP contribution in [0.4, 0.5) is 5.82 Å². The van der Waals surface area contributed by atoms with Crippen LogP contribution in [0.25, 0.3) is 11.4 Å². The van der Waals surface area contributed by atoms with Crippen molar-refractivity contribution in [3.8, 4) is 17.1 Å². The van der Waals surface area contributed by atoms with E-state index in [1.807, 2.05) is 13.0 Å². The summed E-state index contributed by atoms with van der Waals surface area (Å²) in [5.74, 6) is 1.76. The minimum absolute atomic E-state index is 0.137. The van der Waals surface area contributed by atoms with Crippen LogP contribution in [0.3, 0.4) is 0 Å². The van der Waals surface area contributed by atoms with E-state index in [-0.39, 0.29) is 6.61 Å². The molecule has 0 saturated carbocycles.